The first-order chi connectivity index (χ1) is 7.97. The topological polar surface area (TPSA) is 29.5 Å². The van der Waals surface area contributed by atoms with Crippen LogP contribution >= 0.6 is 0 Å². The zero-order valence-electron chi connectivity index (χ0n) is 9.61. The zero-order valence-corrected chi connectivity index (χ0v) is 9.61. The number of carbonyl (C=O) groups excluding carboxylic acids is 1. The Labute approximate surface area is 98.0 Å². The summed E-state index contributed by atoms with van der Waals surface area (Å²) in [6.07, 6.45) is -0.657. The van der Waals surface area contributed by atoms with Gasteiger partial charge in [-0.25, -0.2) is 13.6 Å². The number of carbonyl (C=O) groups is 1. The van der Waals surface area contributed by atoms with E-state index >= 15 is 0 Å². The first-order valence-electron chi connectivity index (χ1n) is 5.39. The summed E-state index contributed by atoms with van der Waals surface area (Å²) in [7, 11) is 0. The van der Waals surface area contributed by atoms with Crippen LogP contribution in [0.2, 0.25) is 0 Å². The van der Waals surface area contributed by atoms with Crippen LogP contribution in [-0.2, 0) is 11.3 Å². The minimum absolute atomic E-state index is 0.103. The molecule has 17 heavy (non-hydrogen) atoms. The molecule has 5 heteroatoms. The highest BCUT2D eigenvalue weighted by molar-refractivity contribution is 5.70. The van der Waals surface area contributed by atoms with Crippen LogP contribution in [0.5, 0.6) is 0 Å². The van der Waals surface area contributed by atoms with E-state index in [1.54, 1.807) is 6.92 Å². The second kappa shape index (κ2) is 4.31. The van der Waals surface area contributed by atoms with E-state index in [1.807, 2.05) is 6.92 Å². The molecule has 1 aliphatic rings. The van der Waals surface area contributed by atoms with Gasteiger partial charge < -0.3 is 4.74 Å². The van der Waals surface area contributed by atoms with Gasteiger partial charge in [-0.3, -0.25) is 4.90 Å². The predicted octanol–water partition coefficient (Wildman–Crippen LogP) is 2.69. The van der Waals surface area contributed by atoms with Gasteiger partial charge in [-0.15, -0.1) is 0 Å². The highest BCUT2D eigenvalue weighted by Crippen LogP contribution is 2.22. The molecule has 0 bridgehead atoms. The van der Waals surface area contributed by atoms with E-state index in [2.05, 4.69) is 0 Å². The lowest BCUT2D eigenvalue weighted by atomic mass is 10.1. The molecule has 0 aliphatic carbocycles. The summed E-state index contributed by atoms with van der Waals surface area (Å²) in [5.41, 5.74) is 0.417. The van der Waals surface area contributed by atoms with E-state index < -0.39 is 17.7 Å². The molecule has 0 saturated carbocycles. The summed E-state index contributed by atoms with van der Waals surface area (Å²) >= 11 is 0. The Hall–Kier alpha value is -1.65. The minimum Gasteiger partial charge on any atom is -0.444 e. The molecular formula is C12H13F2NO2. The highest BCUT2D eigenvalue weighted by Gasteiger charge is 2.35. The fraction of sp³-hybridized carbons (Fsp3) is 0.417. The molecule has 1 fully saturated rings. The van der Waals surface area contributed by atoms with E-state index in [0.717, 1.165) is 6.07 Å². The van der Waals surface area contributed by atoms with Gasteiger partial charge in [0, 0.05) is 12.6 Å². The summed E-state index contributed by atoms with van der Waals surface area (Å²) in [5.74, 6) is -1.29. The van der Waals surface area contributed by atoms with Crippen LogP contribution in [0.25, 0.3) is 0 Å². The van der Waals surface area contributed by atoms with Crippen molar-refractivity contribution in [1.29, 1.82) is 0 Å². The minimum atomic E-state index is -0.645. The van der Waals surface area contributed by atoms with Crippen molar-refractivity contribution in [3.63, 3.8) is 0 Å². The first kappa shape index (κ1) is 11.8. The molecule has 0 radical (unpaired) electrons. The van der Waals surface area contributed by atoms with Gasteiger partial charge in [0.1, 0.15) is 17.7 Å². The molecular weight excluding hydrogens is 228 g/mol. The Bertz CT molecular complexity index is 430. The Balaban J connectivity index is 2.18. The summed E-state index contributed by atoms with van der Waals surface area (Å²) < 4.78 is 31.0. The van der Waals surface area contributed by atoms with Gasteiger partial charge in [-0.1, -0.05) is 0 Å². The van der Waals surface area contributed by atoms with Crippen LogP contribution in [-0.4, -0.2) is 23.1 Å². The van der Waals surface area contributed by atoms with Gasteiger partial charge in [-0.2, -0.15) is 0 Å². The maximum absolute atomic E-state index is 13.0. The molecule has 0 N–H and O–H groups in total. The molecule has 0 aromatic heterocycles. The van der Waals surface area contributed by atoms with Crippen LogP contribution in [0.15, 0.2) is 18.2 Å². The smallest absolute Gasteiger partial charge is 0.410 e. The van der Waals surface area contributed by atoms with Crippen molar-refractivity contribution < 1.29 is 18.3 Å². The number of benzene rings is 1. The second-order valence-electron chi connectivity index (χ2n) is 4.24. The van der Waals surface area contributed by atoms with Crippen molar-refractivity contribution in [3.05, 3.63) is 35.4 Å². The number of halogens is 2. The fourth-order valence-corrected chi connectivity index (χ4v) is 1.85. The largest absolute Gasteiger partial charge is 0.444 e. The number of ether oxygens (including phenoxy) is 1. The number of hydrogen-bond acceptors (Lipinski definition) is 2. The van der Waals surface area contributed by atoms with Crippen molar-refractivity contribution in [2.75, 3.05) is 0 Å². The molecule has 1 aromatic rings. The standard InChI is InChI=1S/C12H13F2NO2/c1-7-8(2)17-12(16)15(7)6-9-3-10(13)5-11(14)4-9/h3-5,7-8H,6H2,1-2H3/t7-,8-/m1/s1. The average molecular weight is 241 g/mol. The monoisotopic (exact) mass is 241 g/mol. The molecule has 2 rings (SSSR count). The van der Waals surface area contributed by atoms with Crippen molar-refractivity contribution in [3.8, 4) is 0 Å². The van der Waals surface area contributed by atoms with Crippen molar-refractivity contribution in [2.45, 2.75) is 32.5 Å². The van der Waals surface area contributed by atoms with Crippen molar-refractivity contribution in [2.24, 2.45) is 0 Å². The van der Waals surface area contributed by atoms with Crippen LogP contribution in [0, 0.1) is 11.6 Å². The maximum Gasteiger partial charge on any atom is 0.410 e. The first-order valence-corrected chi connectivity index (χ1v) is 5.39. The van der Waals surface area contributed by atoms with Gasteiger partial charge in [0.25, 0.3) is 0 Å². The molecule has 3 nitrogen and oxygen atoms in total. The molecule has 0 unspecified atom stereocenters. The van der Waals surface area contributed by atoms with Crippen LogP contribution in [0.1, 0.15) is 19.4 Å². The number of amides is 1. The number of rotatable bonds is 2. The molecule has 2 atom stereocenters. The number of cyclic esters (lactones) is 1. The number of hydrogen-bond donors (Lipinski definition) is 0. The molecule has 1 heterocycles. The SMILES string of the molecule is C[C@@H]1[C@@H](C)OC(=O)N1Cc1cc(F)cc(F)c1. The lowest BCUT2D eigenvalue weighted by Gasteiger charge is -2.19. The molecule has 0 spiro atoms. The normalized spacial score (nSPS) is 24.0. The van der Waals surface area contributed by atoms with Gasteiger partial charge in [0.2, 0.25) is 0 Å². The summed E-state index contributed by atoms with van der Waals surface area (Å²) in [4.78, 5) is 12.9. The summed E-state index contributed by atoms with van der Waals surface area (Å²) in [6.45, 7) is 3.78. The van der Waals surface area contributed by atoms with E-state index in [9.17, 15) is 13.6 Å². The maximum atomic E-state index is 13.0. The third kappa shape index (κ3) is 2.38. The van der Waals surface area contributed by atoms with Crippen LogP contribution in [0.3, 0.4) is 0 Å². The summed E-state index contributed by atoms with van der Waals surface area (Å²) in [6, 6.07) is 3.13. The third-order valence-corrected chi connectivity index (χ3v) is 2.97. The van der Waals surface area contributed by atoms with E-state index in [4.69, 9.17) is 4.74 Å². The van der Waals surface area contributed by atoms with Gasteiger partial charge >= 0.3 is 6.09 Å². The molecule has 92 valence electrons. The third-order valence-electron chi connectivity index (χ3n) is 2.97. The predicted molar refractivity (Wildman–Crippen MR) is 57.3 cm³/mol. The van der Waals surface area contributed by atoms with Gasteiger partial charge in [0.05, 0.1) is 6.04 Å². The Morgan fingerprint density at radius 1 is 1.24 bits per heavy atom. The van der Waals surface area contributed by atoms with Gasteiger partial charge in [0.15, 0.2) is 0 Å². The Morgan fingerprint density at radius 3 is 2.29 bits per heavy atom. The Kier molecular flexibility index (Phi) is 3.00. The lowest BCUT2D eigenvalue weighted by molar-refractivity contribution is 0.137. The quantitative estimate of drug-likeness (QED) is 0.796. The lowest BCUT2D eigenvalue weighted by Crippen LogP contribution is -2.32. The number of nitrogens with zero attached hydrogens (tertiary/aromatic N) is 1. The van der Waals surface area contributed by atoms with E-state index in [1.165, 1.54) is 17.0 Å². The second-order valence-corrected chi connectivity index (χ2v) is 4.24. The highest BCUT2D eigenvalue weighted by atomic mass is 19.1. The average Bonchev–Trinajstić information content (AvgIpc) is 2.44. The van der Waals surface area contributed by atoms with E-state index in [0.29, 0.717) is 5.56 Å². The van der Waals surface area contributed by atoms with Gasteiger partial charge in [-0.05, 0) is 31.5 Å². The molecule has 1 amide bonds. The summed E-state index contributed by atoms with van der Waals surface area (Å²) in [5, 5.41) is 0. The zero-order chi connectivity index (χ0) is 12.6. The molecule has 1 aliphatic heterocycles. The fourth-order valence-electron chi connectivity index (χ4n) is 1.85. The van der Waals surface area contributed by atoms with E-state index in [-0.39, 0.29) is 18.7 Å². The van der Waals surface area contributed by atoms with Crippen LogP contribution < -0.4 is 0 Å². The molecule has 1 saturated heterocycles. The van der Waals surface area contributed by atoms with Crippen molar-refractivity contribution in [1.82, 2.24) is 4.90 Å². The van der Waals surface area contributed by atoms with Crippen molar-refractivity contribution >= 4 is 6.09 Å². The Morgan fingerprint density at radius 2 is 1.82 bits per heavy atom. The van der Waals surface area contributed by atoms with Crippen LogP contribution in [0.4, 0.5) is 13.6 Å². The molecule has 1 aromatic carbocycles.